The maximum absolute atomic E-state index is 5.91. The summed E-state index contributed by atoms with van der Waals surface area (Å²) in [7, 11) is 0. The summed E-state index contributed by atoms with van der Waals surface area (Å²) in [6.07, 6.45) is 3.65. The number of hydrogen-bond acceptors (Lipinski definition) is 7. The van der Waals surface area contributed by atoms with Crippen molar-refractivity contribution in [3.05, 3.63) is 0 Å². The van der Waals surface area contributed by atoms with Crippen LogP contribution in [-0.4, -0.2) is 53.3 Å². The minimum Gasteiger partial charge on any atom is -0.377 e. The Labute approximate surface area is 125 Å². The number of aromatic nitrogens is 3. The molecule has 2 aliphatic heterocycles. The highest BCUT2D eigenvalue weighted by Crippen LogP contribution is 2.26. The Hall–Kier alpha value is -1.63. The zero-order chi connectivity index (χ0) is 14.9. The van der Waals surface area contributed by atoms with E-state index in [0.29, 0.717) is 31.1 Å². The van der Waals surface area contributed by atoms with Crippen molar-refractivity contribution in [2.45, 2.75) is 38.6 Å². The van der Waals surface area contributed by atoms with Gasteiger partial charge in [-0.1, -0.05) is 0 Å². The Balaban J connectivity index is 1.89. The first kappa shape index (κ1) is 14.3. The van der Waals surface area contributed by atoms with Crippen LogP contribution in [0.25, 0.3) is 0 Å². The molecule has 116 valence electrons. The van der Waals surface area contributed by atoms with Gasteiger partial charge in [-0.25, -0.2) is 0 Å². The topological polar surface area (TPSA) is 80.4 Å². The molecule has 2 aliphatic rings. The summed E-state index contributed by atoms with van der Waals surface area (Å²) in [6.45, 7) is 8.38. The van der Waals surface area contributed by atoms with Crippen LogP contribution >= 0.6 is 0 Å². The lowest BCUT2D eigenvalue weighted by atomic mass is 10.0. The lowest BCUT2D eigenvalue weighted by Gasteiger charge is -2.42. The summed E-state index contributed by atoms with van der Waals surface area (Å²) in [4.78, 5) is 17.7. The third kappa shape index (κ3) is 3.02. The molecule has 0 spiro atoms. The lowest BCUT2D eigenvalue weighted by molar-refractivity contribution is 0.0634. The van der Waals surface area contributed by atoms with E-state index in [1.54, 1.807) is 0 Å². The number of morpholine rings is 1. The van der Waals surface area contributed by atoms with Gasteiger partial charge in [-0.05, 0) is 33.1 Å². The first-order chi connectivity index (χ1) is 10.1. The van der Waals surface area contributed by atoms with Gasteiger partial charge in [0.1, 0.15) is 0 Å². The summed E-state index contributed by atoms with van der Waals surface area (Å²) in [6, 6.07) is 0. The highest BCUT2D eigenvalue weighted by atomic mass is 16.5. The smallest absolute Gasteiger partial charge is 0.232 e. The van der Waals surface area contributed by atoms with E-state index in [9.17, 15) is 0 Å². The molecule has 0 saturated carbocycles. The van der Waals surface area contributed by atoms with E-state index < -0.39 is 0 Å². The molecule has 1 aromatic heterocycles. The molecule has 3 rings (SSSR count). The quantitative estimate of drug-likeness (QED) is 0.873. The molecule has 0 atom stereocenters. The third-order valence-corrected chi connectivity index (χ3v) is 4.15. The van der Waals surface area contributed by atoms with Crippen molar-refractivity contribution < 1.29 is 4.74 Å². The van der Waals surface area contributed by atoms with Crippen LogP contribution in [0, 0.1) is 0 Å². The molecule has 0 bridgehead atoms. The standard InChI is InChI=1S/C14H24N6O/c1-14(2)10-21-9-8-20(14)13-17-11(15)16-12(18-13)19-6-4-3-5-7-19/h3-10H2,1-2H3,(H2,15,16,17,18). The number of nitrogens with zero attached hydrogens (tertiary/aromatic N) is 5. The molecule has 0 amide bonds. The largest absolute Gasteiger partial charge is 0.377 e. The predicted molar refractivity (Wildman–Crippen MR) is 82.5 cm³/mol. The van der Waals surface area contributed by atoms with Crippen LogP contribution < -0.4 is 15.5 Å². The average Bonchev–Trinajstić information content (AvgIpc) is 2.47. The maximum atomic E-state index is 5.91. The summed E-state index contributed by atoms with van der Waals surface area (Å²) >= 11 is 0. The minimum absolute atomic E-state index is 0.134. The monoisotopic (exact) mass is 292 g/mol. The molecule has 0 unspecified atom stereocenters. The van der Waals surface area contributed by atoms with Crippen LogP contribution in [-0.2, 0) is 4.74 Å². The van der Waals surface area contributed by atoms with Gasteiger partial charge in [0.2, 0.25) is 17.8 Å². The van der Waals surface area contributed by atoms with Crippen LogP contribution in [0.2, 0.25) is 0 Å². The molecule has 1 aromatic rings. The van der Waals surface area contributed by atoms with Crippen LogP contribution in [0.5, 0.6) is 0 Å². The van der Waals surface area contributed by atoms with Crippen LogP contribution in [0.4, 0.5) is 17.8 Å². The van der Waals surface area contributed by atoms with Gasteiger partial charge in [0.25, 0.3) is 0 Å². The Morgan fingerprint density at radius 3 is 2.43 bits per heavy atom. The molecule has 2 saturated heterocycles. The second kappa shape index (κ2) is 5.63. The van der Waals surface area contributed by atoms with Gasteiger partial charge in [0, 0.05) is 19.6 Å². The Bertz CT molecular complexity index is 500. The van der Waals surface area contributed by atoms with Crippen LogP contribution in [0.1, 0.15) is 33.1 Å². The number of piperidine rings is 1. The number of hydrogen-bond donors (Lipinski definition) is 1. The molecule has 3 heterocycles. The van der Waals surface area contributed by atoms with Gasteiger partial charge in [-0.2, -0.15) is 15.0 Å². The van der Waals surface area contributed by atoms with Crippen LogP contribution in [0.15, 0.2) is 0 Å². The van der Waals surface area contributed by atoms with E-state index in [1.165, 1.54) is 19.3 Å². The van der Waals surface area contributed by atoms with Crippen molar-refractivity contribution in [1.82, 2.24) is 15.0 Å². The fraction of sp³-hybridized carbons (Fsp3) is 0.786. The number of ether oxygens (including phenoxy) is 1. The molecule has 0 aromatic carbocycles. The van der Waals surface area contributed by atoms with Crippen molar-refractivity contribution in [3.63, 3.8) is 0 Å². The summed E-state index contributed by atoms with van der Waals surface area (Å²) in [5.41, 5.74) is 5.78. The molecule has 7 nitrogen and oxygen atoms in total. The van der Waals surface area contributed by atoms with Crippen molar-refractivity contribution in [1.29, 1.82) is 0 Å². The second-order valence-corrected chi connectivity index (χ2v) is 6.36. The van der Waals surface area contributed by atoms with Crippen molar-refractivity contribution in [2.75, 3.05) is 48.4 Å². The number of nitrogens with two attached hydrogens (primary N) is 1. The Morgan fingerprint density at radius 1 is 1.00 bits per heavy atom. The zero-order valence-electron chi connectivity index (χ0n) is 12.9. The first-order valence-corrected chi connectivity index (χ1v) is 7.68. The normalized spacial score (nSPS) is 22.4. The van der Waals surface area contributed by atoms with Crippen molar-refractivity contribution >= 4 is 17.8 Å². The Kier molecular flexibility index (Phi) is 3.84. The molecular formula is C14H24N6O. The number of anilines is 3. The molecule has 0 radical (unpaired) electrons. The van der Waals surface area contributed by atoms with E-state index in [4.69, 9.17) is 10.5 Å². The van der Waals surface area contributed by atoms with E-state index in [0.717, 1.165) is 19.6 Å². The minimum atomic E-state index is -0.134. The molecule has 7 heteroatoms. The predicted octanol–water partition coefficient (Wildman–Crippen LogP) is 1.06. The van der Waals surface area contributed by atoms with Gasteiger partial charge in [-0.3, -0.25) is 0 Å². The SMILES string of the molecule is CC1(C)COCCN1c1nc(N)nc(N2CCCCC2)n1. The molecular weight excluding hydrogens is 268 g/mol. The van der Waals surface area contributed by atoms with Crippen molar-refractivity contribution in [3.8, 4) is 0 Å². The van der Waals surface area contributed by atoms with Gasteiger partial charge >= 0.3 is 0 Å². The van der Waals surface area contributed by atoms with E-state index in [-0.39, 0.29) is 5.54 Å². The van der Waals surface area contributed by atoms with Gasteiger partial charge in [0.05, 0.1) is 18.8 Å². The summed E-state index contributed by atoms with van der Waals surface area (Å²) < 4.78 is 5.56. The van der Waals surface area contributed by atoms with E-state index in [2.05, 4.69) is 38.6 Å². The summed E-state index contributed by atoms with van der Waals surface area (Å²) in [5.74, 6) is 1.67. The lowest BCUT2D eigenvalue weighted by Crippen LogP contribution is -2.54. The molecule has 0 aliphatic carbocycles. The van der Waals surface area contributed by atoms with Gasteiger partial charge in [0.15, 0.2) is 0 Å². The Morgan fingerprint density at radius 2 is 1.71 bits per heavy atom. The first-order valence-electron chi connectivity index (χ1n) is 7.68. The maximum Gasteiger partial charge on any atom is 0.232 e. The second-order valence-electron chi connectivity index (χ2n) is 6.36. The van der Waals surface area contributed by atoms with E-state index >= 15 is 0 Å². The molecule has 2 N–H and O–H groups in total. The fourth-order valence-electron chi connectivity index (χ4n) is 2.95. The molecule has 21 heavy (non-hydrogen) atoms. The average molecular weight is 292 g/mol. The zero-order valence-corrected chi connectivity index (χ0v) is 12.9. The van der Waals surface area contributed by atoms with Gasteiger partial charge < -0.3 is 20.3 Å². The van der Waals surface area contributed by atoms with Crippen molar-refractivity contribution in [2.24, 2.45) is 0 Å². The van der Waals surface area contributed by atoms with Gasteiger partial charge in [-0.15, -0.1) is 0 Å². The summed E-state index contributed by atoms with van der Waals surface area (Å²) in [5, 5.41) is 0. The molecule has 2 fully saturated rings. The van der Waals surface area contributed by atoms with Crippen LogP contribution in [0.3, 0.4) is 0 Å². The fourth-order valence-corrected chi connectivity index (χ4v) is 2.95. The highest BCUT2D eigenvalue weighted by molar-refractivity contribution is 5.45. The van der Waals surface area contributed by atoms with E-state index in [1.807, 2.05) is 0 Å². The highest BCUT2D eigenvalue weighted by Gasteiger charge is 2.33. The number of rotatable bonds is 2. The number of nitrogen functional groups attached to an aromatic ring is 1. The third-order valence-electron chi connectivity index (χ3n) is 4.15.